The maximum Gasteiger partial charge on any atom is 0.238 e. The van der Waals surface area contributed by atoms with Crippen molar-refractivity contribution in [1.29, 1.82) is 0 Å². The van der Waals surface area contributed by atoms with Crippen LogP contribution in [0.4, 0.5) is 5.69 Å². The van der Waals surface area contributed by atoms with Gasteiger partial charge in [0.2, 0.25) is 5.91 Å². The lowest BCUT2D eigenvalue weighted by atomic mass is 9.63. The number of nitrogens with zero attached hydrogens (tertiary/aromatic N) is 2. The molecule has 0 aromatic heterocycles. The van der Waals surface area contributed by atoms with E-state index in [9.17, 15) is 9.59 Å². The summed E-state index contributed by atoms with van der Waals surface area (Å²) in [6.45, 7) is 2.61. The van der Waals surface area contributed by atoms with Crippen LogP contribution in [0.5, 0.6) is 5.75 Å². The Labute approximate surface area is 184 Å². The molecule has 4 rings (SSSR count). The van der Waals surface area contributed by atoms with Gasteiger partial charge in [0.25, 0.3) is 0 Å². The van der Waals surface area contributed by atoms with E-state index >= 15 is 0 Å². The summed E-state index contributed by atoms with van der Waals surface area (Å²) in [5.41, 5.74) is 4.37. The van der Waals surface area contributed by atoms with Crippen LogP contribution in [-0.2, 0) is 16.8 Å². The number of allylic oxidation sites excluding steroid dienone is 1. The van der Waals surface area contributed by atoms with E-state index < -0.39 is 5.41 Å². The average molecular weight is 416 g/mol. The molecule has 0 atom stereocenters. The van der Waals surface area contributed by atoms with Crippen molar-refractivity contribution in [2.24, 2.45) is 0 Å². The highest BCUT2D eigenvalue weighted by atomic mass is 16.5. The predicted octanol–water partition coefficient (Wildman–Crippen LogP) is 3.03. The molecule has 1 amide bonds. The van der Waals surface area contributed by atoms with E-state index in [0.717, 1.165) is 54.6 Å². The smallest absolute Gasteiger partial charge is 0.238 e. The molecule has 2 aromatic rings. The fourth-order valence-electron chi connectivity index (χ4n) is 4.66. The van der Waals surface area contributed by atoms with Gasteiger partial charge in [-0.3, -0.25) is 9.59 Å². The molecule has 2 aliphatic rings. The highest BCUT2D eigenvalue weighted by Gasteiger charge is 2.55. The summed E-state index contributed by atoms with van der Waals surface area (Å²) in [4.78, 5) is 30.3. The topological polar surface area (TPSA) is 49.9 Å². The number of amides is 1. The van der Waals surface area contributed by atoms with Gasteiger partial charge in [0.15, 0.2) is 13.1 Å². The van der Waals surface area contributed by atoms with Gasteiger partial charge in [-0.25, -0.2) is 0 Å². The van der Waals surface area contributed by atoms with E-state index in [1.165, 1.54) is 0 Å². The van der Waals surface area contributed by atoms with Gasteiger partial charge in [-0.2, -0.15) is 0 Å². The Bertz CT molecular complexity index is 1040. The minimum absolute atomic E-state index is 0.0262. The highest BCUT2D eigenvalue weighted by molar-refractivity contribution is 6.55. The zero-order valence-corrected chi connectivity index (χ0v) is 18.8. The molecule has 1 spiro atoms. The molecule has 0 saturated heterocycles. The molecular weight excluding hydrogens is 387 g/mol. The quantitative estimate of drug-likeness (QED) is 0.396. The third-order valence-electron chi connectivity index (χ3n) is 6.53. The molecule has 2 aromatic carbocycles. The van der Waals surface area contributed by atoms with E-state index in [0.29, 0.717) is 12.1 Å². The maximum absolute atomic E-state index is 13.7. The summed E-state index contributed by atoms with van der Waals surface area (Å²) in [7, 11) is 6.20. The second-order valence-corrected chi connectivity index (χ2v) is 8.70. The number of carbonyl (C=O) groups excluding carboxylic acids is 2. The van der Waals surface area contributed by atoms with Crippen molar-refractivity contribution in [1.82, 2.24) is 4.90 Å². The van der Waals surface area contributed by atoms with Gasteiger partial charge < -0.3 is 14.5 Å². The van der Waals surface area contributed by atoms with Crippen molar-refractivity contribution < 1.29 is 14.3 Å². The maximum atomic E-state index is 13.7. The molecular formula is C25H29BN2O3. The second kappa shape index (κ2) is 8.25. The molecule has 0 unspecified atom stereocenters. The van der Waals surface area contributed by atoms with Crippen LogP contribution < -0.4 is 15.1 Å². The van der Waals surface area contributed by atoms with Gasteiger partial charge in [0.05, 0.1) is 19.1 Å². The monoisotopic (exact) mass is 416 g/mol. The number of carbonyl (C=O) groups is 2. The first-order valence-electron chi connectivity index (χ1n) is 10.9. The molecule has 160 valence electrons. The second-order valence-electron chi connectivity index (χ2n) is 8.70. The van der Waals surface area contributed by atoms with E-state index in [1.54, 1.807) is 19.4 Å². The molecule has 0 radical (unpaired) electrons. The number of fused-ring (bicyclic) bond motifs is 2. The van der Waals surface area contributed by atoms with Crippen molar-refractivity contribution in [3.05, 3.63) is 65.4 Å². The SMILES string of the molecule is CBc1cc(C(=O)/C=C/N(C)C)cc2c1N(Cc1ccc(OC)cc1)C(=O)C21CCC1. The molecule has 1 saturated carbocycles. The first kappa shape index (κ1) is 21.2. The summed E-state index contributed by atoms with van der Waals surface area (Å²) in [6, 6.07) is 11.8. The van der Waals surface area contributed by atoms with E-state index in [-0.39, 0.29) is 11.7 Å². The number of rotatable bonds is 7. The van der Waals surface area contributed by atoms with Crippen LogP contribution in [0.1, 0.15) is 40.7 Å². The van der Waals surface area contributed by atoms with Gasteiger partial charge in [0, 0.05) is 37.6 Å². The summed E-state index contributed by atoms with van der Waals surface area (Å²) < 4.78 is 5.26. The Morgan fingerprint density at radius 2 is 1.94 bits per heavy atom. The number of ketones is 1. The molecule has 5 nitrogen and oxygen atoms in total. The van der Waals surface area contributed by atoms with Gasteiger partial charge in [0.1, 0.15) is 5.75 Å². The van der Waals surface area contributed by atoms with Crippen LogP contribution >= 0.6 is 0 Å². The number of anilines is 1. The molecule has 1 aliphatic heterocycles. The Kier molecular flexibility index (Phi) is 5.65. The van der Waals surface area contributed by atoms with Gasteiger partial charge >= 0.3 is 0 Å². The Balaban J connectivity index is 1.76. The fraction of sp³-hybridized carbons (Fsp3) is 0.360. The summed E-state index contributed by atoms with van der Waals surface area (Å²) in [5, 5.41) is 0. The molecule has 1 aliphatic carbocycles. The zero-order valence-electron chi connectivity index (χ0n) is 18.8. The average Bonchev–Trinajstić information content (AvgIpc) is 2.99. The third-order valence-corrected chi connectivity index (χ3v) is 6.53. The lowest BCUT2D eigenvalue weighted by Crippen LogP contribution is -2.45. The van der Waals surface area contributed by atoms with E-state index in [4.69, 9.17) is 4.74 Å². The van der Waals surface area contributed by atoms with Crippen LogP contribution in [0.2, 0.25) is 6.82 Å². The Morgan fingerprint density at radius 3 is 2.48 bits per heavy atom. The molecule has 6 heteroatoms. The van der Waals surface area contributed by atoms with Crippen molar-refractivity contribution >= 4 is 30.1 Å². The van der Waals surface area contributed by atoms with Crippen molar-refractivity contribution in [2.75, 3.05) is 26.1 Å². The lowest BCUT2D eigenvalue weighted by molar-refractivity contribution is -0.126. The van der Waals surface area contributed by atoms with Crippen LogP contribution in [-0.4, -0.2) is 45.1 Å². The van der Waals surface area contributed by atoms with Gasteiger partial charge in [-0.1, -0.05) is 36.9 Å². The van der Waals surface area contributed by atoms with Crippen LogP contribution in [0, 0.1) is 0 Å². The molecule has 0 bridgehead atoms. The minimum Gasteiger partial charge on any atom is -0.497 e. The van der Waals surface area contributed by atoms with Crippen LogP contribution in [0.25, 0.3) is 0 Å². The number of benzene rings is 2. The van der Waals surface area contributed by atoms with E-state index in [1.807, 2.05) is 60.3 Å². The Hall–Kier alpha value is -3.02. The van der Waals surface area contributed by atoms with Crippen molar-refractivity contribution in [3.63, 3.8) is 0 Å². The first-order chi connectivity index (χ1) is 14.9. The van der Waals surface area contributed by atoms with Crippen LogP contribution in [0.3, 0.4) is 0 Å². The standard InChI is InChI=1S/C25H29BN2O3/c1-26-21-15-18(22(29)10-13-27(2)3)14-20-23(21)28(24(30)25(20)11-5-12-25)16-17-6-8-19(31-4)9-7-17/h6-10,13-15,26H,5,11-12,16H2,1-4H3/b13-10+. The summed E-state index contributed by atoms with van der Waals surface area (Å²) >= 11 is 0. The van der Waals surface area contributed by atoms with Crippen molar-refractivity contribution in [3.8, 4) is 5.75 Å². The van der Waals surface area contributed by atoms with Gasteiger partial charge in [-0.05, 0) is 42.2 Å². The lowest BCUT2D eigenvalue weighted by Gasteiger charge is -2.37. The summed E-state index contributed by atoms with van der Waals surface area (Å²) in [6.07, 6.45) is 6.11. The number of hydrogen-bond acceptors (Lipinski definition) is 4. The largest absolute Gasteiger partial charge is 0.497 e. The molecule has 1 heterocycles. The number of methoxy groups -OCH3 is 1. The van der Waals surface area contributed by atoms with E-state index in [2.05, 4.69) is 6.82 Å². The molecule has 0 N–H and O–H groups in total. The first-order valence-corrected chi connectivity index (χ1v) is 10.9. The predicted molar refractivity (Wildman–Crippen MR) is 126 cm³/mol. The molecule has 31 heavy (non-hydrogen) atoms. The summed E-state index contributed by atoms with van der Waals surface area (Å²) in [5.74, 6) is 0.949. The van der Waals surface area contributed by atoms with Crippen molar-refractivity contribution in [2.45, 2.75) is 38.0 Å². The normalized spacial score (nSPS) is 16.4. The third kappa shape index (κ3) is 3.64. The Morgan fingerprint density at radius 1 is 1.23 bits per heavy atom. The van der Waals surface area contributed by atoms with Gasteiger partial charge in [-0.15, -0.1) is 0 Å². The highest BCUT2D eigenvalue weighted by Crippen LogP contribution is 2.53. The number of hydrogen-bond donors (Lipinski definition) is 0. The fourth-order valence-corrected chi connectivity index (χ4v) is 4.66. The number of ether oxygens (including phenoxy) is 1. The molecule has 1 fully saturated rings. The van der Waals surface area contributed by atoms with Crippen LogP contribution in [0.15, 0.2) is 48.7 Å². The minimum atomic E-state index is -0.465. The zero-order chi connectivity index (χ0) is 22.2.